The summed E-state index contributed by atoms with van der Waals surface area (Å²) in [7, 11) is 0. The van der Waals surface area contributed by atoms with Gasteiger partial charge in [-0.05, 0) is 0 Å². The maximum Gasteiger partial charge on any atom is 2.00 e. The standard InChI is InChI=1S/4C5H5.2Fe/c4*1-2-4-5-3-1;;/h4*1-5H;;/q4*-1;2*+2. The molecule has 0 N–H and O–H groups in total. The predicted molar refractivity (Wildman–Crippen MR) is 88.1 cm³/mol. The van der Waals surface area contributed by atoms with Crippen molar-refractivity contribution >= 4 is 0 Å². The molecule has 0 atom stereocenters. The van der Waals surface area contributed by atoms with Gasteiger partial charge in [0, 0.05) is 0 Å². The summed E-state index contributed by atoms with van der Waals surface area (Å²) in [5.74, 6) is 0. The van der Waals surface area contributed by atoms with E-state index in [0.29, 0.717) is 0 Å². The first-order valence-electron chi connectivity index (χ1n) is 6.67. The molecule has 0 aliphatic carbocycles. The Morgan fingerprint density at radius 3 is 0.455 bits per heavy atom. The van der Waals surface area contributed by atoms with E-state index >= 15 is 0 Å². The van der Waals surface area contributed by atoms with E-state index in [9.17, 15) is 0 Å². The maximum absolute atomic E-state index is 2.00. The molecule has 116 valence electrons. The topological polar surface area (TPSA) is 0 Å². The molecule has 0 saturated carbocycles. The van der Waals surface area contributed by atoms with Gasteiger partial charge in [0.2, 0.25) is 0 Å². The average molecular weight is 372 g/mol. The van der Waals surface area contributed by atoms with Gasteiger partial charge in [-0.2, -0.15) is 72.8 Å². The van der Waals surface area contributed by atoms with Crippen LogP contribution in [0, 0.1) is 0 Å². The van der Waals surface area contributed by atoms with Gasteiger partial charge >= 0.3 is 34.1 Å². The maximum atomic E-state index is 2.00. The molecule has 4 rings (SSSR count). The predicted octanol–water partition coefficient (Wildman–Crippen LogP) is 5.62. The fourth-order valence-electron chi connectivity index (χ4n) is 1.28. The molecule has 0 unspecified atom stereocenters. The zero-order valence-corrected chi connectivity index (χ0v) is 14.5. The van der Waals surface area contributed by atoms with Crippen LogP contribution in [0.5, 0.6) is 0 Å². The molecule has 0 nitrogen and oxygen atoms in total. The largest absolute Gasteiger partial charge is 2.00 e. The first-order valence-corrected chi connectivity index (χ1v) is 6.67. The van der Waals surface area contributed by atoms with Gasteiger partial charge in [0.1, 0.15) is 0 Å². The summed E-state index contributed by atoms with van der Waals surface area (Å²) < 4.78 is 0. The van der Waals surface area contributed by atoms with Crippen LogP contribution >= 0.6 is 0 Å². The molecule has 0 aliphatic rings. The van der Waals surface area contributed by atoms with Crippen LogP contribution in [-0.4, -0.2) is 0 Å². The molecule has 0 fully saturated rings. The second kappa shape index (κ2) is 19.4. The van der Waals surface area contributed by atoms with Gasteiger partial charge in [-0.1, -0.05) is 0 Å². The third kappa shape index (κ3) is 16.5. The van der Waals surface area contributed by atoms with Crippen LogP contribution in [0.15, 0.2) is 121 Å². The Labute approximate surface area is 155 Å². The smallest absolute Gasteiger partial charge is 0.214 e. The molecule has 0 spiro atoms. The Kier molecular flexibility index (Phi) is 20.1. The van der Waals surface area contributed by atoms with Crippen molar-refractivity contribution in [3.63, 3.8) is 0 Å². The van der Waals surface area contributed by atoms with Gasteiger partial charge < -0.3 is 0 Å². The van der Waals surface area contributed by atoms with Crippen LogP contribution in [0.2, 0.25) is 0 Å². The van der Waals surface area contributed by atoms with E-state index < -0.39 is 0 Å². The fourth-order valence-corrected chi connectivity index (χ4v) is 1.28. The van der Waals surface area contributed by atoms with Crippen LogP contribution in [0.25, 0.3) is 0 Å². The second-order valence-electron chi connectivity index (χ2n) is 3.85. The van der Waals surface area contributed by atoms with Crippen molar-refractivity contribution in [1.29, 1.82) is 0 Å². The number of hydrogen-bond donors (Lipinski definition) is 0. The van der Waals surface area contributed by atoms with E-state index in [1.54, 1.807) is 0 Å². The third-order valence-electron chi connectivity index (χ3n) is 2.22. The molecule has 4 aromatic carbocycles. The summed E-state index contributed by atoms with van der Waals surface area (Å²) in [5.41, 5.74) is 0. The summed E-state index contributed by atoms with van der Waals surface area (Å²) in [6.07, 6.45) is 0. The van der Waals surface area contributed by atoms with Crippen molar-refractivity contribution < 1.29 is 34.1 Å². The minimum atomic E-state index is 0. The fraction of sp³-hybridized carbons (Fsp3) is 0. The SMILES string of the molecule is [Fe+2].[Fe+2].c1cc[cH-]c1.c1cc[cH-]c1.c1cc[cH-]c1.c1cc[cH-]c1. The summed E-state index contributed by atoms with van der Waals surface area (Å²) in [4.78, 5) is 0. The molecule has 0 aliphatic heterocycles. The van der Waals surface area contributed by atoms with Gasteiger partial charge in [0.05, 0.1) is 0 Å². The van der Waals surface area contributed by atoms with Crippen LogP contribution in [0.3, 0.4) is 0 Å². The number of rotatable bonds is 0. The quantitative estimate of drug-likeness (QED) is 0.278. The third-order valence-corrected chi connectivity index (χ3v) is 2.22. The van der Waals surface area contributed by atoms with Crippen molar-refractivity contribution in [2.24, 2.45) is 0 Å². The molecule has 0 saturated heterocycles. The van der Waals surface area contributed by atoms with E-state index in [1.807, 2.05) is 121 Å². The zero-order valence-electron chi connectivity index (χ0n) is 12.3. The summed E-state index contributed by atoms with van der Waals surface area (Å²) >= 11 is 0. The molecule has 22 heavy (non-hydrogen) atoms. The molecule has 0 amide bonds. The van der Waals surface area contributed by atoms with E-state index in [1.165, 1.54) is 0 Å². The van der Waals surface area contributed by atoms with E-state index in [4.69, 9.17) is 0 Å². The summed E-state index contributed by atoms with van der Waals surface area (Å²) in [5, 5.41) is 0. The summed E-state index contributed by atoms with van der Waals surface area (Å²) in [6.45, 7) is 0. The zero-order chi connectivity index (χ0) is 14.1. The molecule has 0 radical (unpaired) electrons. The van der Waals surface area contributed by atoms with Crippen LogP contribution in [0.4, 0.5) is 0 Å². The molecule has 0 bridgehead atoms. The molecular weight excluding hydrogens is 352 g/mol. The van der Waals surface area contributed by atoms with E-state index in [-0.39, 0.29) is 34.1 Å². The van der Waals surface area contributed by atoms with Crippen LogP contribution in [0.1, 0.15) is 0 Å². The Morgan fingerprint density at radius 2 is 0.409 bits per heavy atom. The van der Waals surface area contributed by atoms with Crippen molar-refractivity contribution in [3.05, 3.63) is 121 Å². The van der Waals surface area contributed by atoms with Crippen molar-refractivity contribution in [1.82, 2.24) is 0 Å². The van der Waals surface area contributed by atoms with Gasteiger partial charge in [-0.3, -0.25) is 0 Å². The Balaban J connectivity index is 0. The average Bonchev–Trinajstić information content (AvgIpc) is 3.40. The number of hydrogen-bond acceptors (Lipinski definition) is 0. The second-order valence-corrected chi connectivity index (χ2v) is 3.85. The van der Waals surface area contributed by atoms with Crippen LogP contribution < -0.4 is 0 Å². The van der Waals surface area contributed by atoms with E-state index in [0.717, 1.165) is 0 Å². The normalized spacial score (nSPS) is 7.27. The van der Waals surface area contributed by atoms with Gasteiger partial charge in [0.25, 0.3) is 0 Å². The first-order chi connectivity index (χ1) is 10.0. The van der Waals surface area contributed by atoms with Crippen molar-refractivity contribution in [3.8, 4) is 0 Å². The minimum Gasteiger partial charge on any atom is -0.214 e. The van der Waals surface area contributed by atoms with Crippen molar-refractivity contribution in [2.45, 2.75) is 0 Å². The van der Waals surface area contributed by atoms with Gasteiger partial charge in [-0.25, -0.2) is 48.5 Å². The minimum absolute atomic E-state index is 0. The van der Waals surface area contributed by atoms with Crippen molar-refractivity contribution in [2.75, 3.05) is 0 Å². The van der Waals surface area contributed by atoms with E-state index in [2.05, 4.69) is 0 Å². The molecule has 0 aromatic heterocycles. The Morgan fingerprint density at radius 1 is 0.273 bits per heavy atom. The van der Waals surface area contributed by atoms with Gasteiger partial charge in [-0.15, -0.1) is 0 Å². The Hall–Kier alpha value is -1.56. The molecule has 2 heteroatoms. The Bertz CT molecular complexity index is 341. The molecule has 4 aromatic rings. The molecular formula is C20H20Fe2. The van der Waals surface area contributed by atoms with Crippen LogP contribution in [-0.2, 0) is 34.1 Å². The van der Waals surface area contributed by atoms with Gasteiger partial charge in [0.15, 0.2) is 0 Å². The first kappa shape index (κ1) is 22.7. The molecule has 0 heterocycles. The summed E-state index contributed by atoms with van der Waals surface area (Å²) in [6, 6.07) is 40.0. The monoisotopic (exact) mass is 372 g/mol.